The van der Waals surface area contributed by atoms with Gasteiger partial charge < -0.3 is 10.4 Å². The summed E-state index contributed by atoms with van der Waals surface area (Å²) < 4.78 is 1.56. The fourth-order valence-electron chi connectivity index (χ4n) is 1.62. The molecule has 8 nitrogen and oxygen atoms in total. The molecule has 0 aliphatic carbocycles. The lowest BCUT2D eigenvalue weighted by Gasteiger charge is -2.04. The topological polar surface area (TPSA) is 108 Å². The monoisotopic (exact) mass is 278 g/mol. The van der Waals surface area contributed by atoms with E-state index in [4.69, 9.17) is 16.7 Å². The third kappa shape index (κ3) is 2.08. The van der Waals surface area contributed by atoms with Crippen molar-refractivity contribution in [3.05, 3.63) is 35.4 Å². The molecule has 3 rings (SSSR count). The number of aromatic amines is 1. The van der Waals surface area contributed by atoms with Crippen LogP contribution in [0, 0.1) is 0 Å². The molecule has 96 valence electrons. The second-order valence-electron chi connectivity index (χ2n) is 3.66. The van der Waals surface area contributed by atoms with Crippen LogP contribution in [0.4, 0.5) is 11.6 Å². The molecule has 3 heterocycles. The van der Waals surface area contributed by atoms with Crippen LogP contribution in [-0.4, -0.2) is 35.9 Å². The summed E-state index contributed by atoms with van der Waals surface area (Å²) in [6.45, 7) is 0. The van der Waals surface area contributed by atoms with Crippen LogP contribution in [0.1, 0.15) is 10.5 Å². The van der Waals surface area contributed by atoms with Crippen molar-refractivity contribution in [2.75, 3.05) is 5.32 Å². The molecule has 0 saturated heterocycles. The lowest BCUT2D eigenvalue weighted by molar-refractivity contribution is 0.0690. The summed E-state index contributed by atoms with van der Waals surface area (Å²) in [6, 6.07) is 4.94. The van der Waals surface area contributed by atoms with Gasteiger partial charge in [-0.15, -0.1) is 5.10 Å². The maximum Gasteiger partial charge on any atom is 0.353 e. The van der Waals surface area contributed by atoms with Gasteiger partial charge in [-0.05, 0) is 23.7 Å². The van der Waals surface area contributed by atoms with Crippen LogP contribution in [0.2, 0.25) is 5.28 Å². The third-order valence-electron chi connectivity index (χ3n) is 2.42. The molecular weight excluding hydrogens is 272 g/mol. The number of hydrogen-bond acceptors (Lipinski definition) is 5. The predicted octanol–water partition coefficient (Wildman–Crippen LogP) is 1.55. The van der Waals surface area contributed by atoms with E-state index in [1.165, 1.54) is 6.07 Å². The highest BCUT2D eigenvalue weighted by Gasteiger charge is 2.11. The number of halogens is 1. The molecule has 0 aliphatic rings. The Morgan fingerprint density at radius 1 is 1.53 bits per heavy atom. The van der Waals surface area contributed by atoms with Crippen molar-refractivity contribution >= 4 is 34.7 Å². The van der Waals surface area contributed by atoms with E-state index in [1.807, 2.05) is 0 Å². The van der Waals surface area contributed by atoms with Crippen LogP contribution in [0.5, 0.6) is 0 Å². The molecule has 0 amide bonds. The van der Waals surface area contributed by atoms with Crippen molar-refractivity contribution in [3.8, 4) is 0 Å². The summed E-state index contributed by atoms with van der Waals surface area (Å²) in [7, 11) is 0. The zero-order valence-electron chi connectivity index (χ0n) is 9.33. The highest BCUT2D eigenvalue weighted by atomic mass is 35.5. The largest absolute Gasteiger partial charge is 0.477 e. The molecule has 0 saturated carbocycles. The van der Waals surface area contributed by atoms with Crippen molar-refractivity contribution in [3.63, 3.8) is 0 Å². The molecule has 3 aromatic heterocycles. The number of hydrogen-bond donors (Lipinski definition) is 3. The number of anilines is 2. The highest BCUT2D eigenvalue weighted by molar-refractivity contribution is 6.28. The van der Waals surface area contributed by atoms with Crippen LogP contribution in [0.15, 0.2) is 24.4 Å². The van der Waals surface area contributed by atoms with E-state index in [9.17, 15) is 4.79 Å². The van der Waals surface area contributed by atoms with Crippen molar-refractivity contribution in [2.45, 2.75) is 0 Å². The van der Waals surface area contributed by atoms with Gasteiger partial charge in [0, 0.05) is 12.3 Å². The Balaban J connectivity index is 2.00. The van der Waals surface area contributed by atoms with Gasteiger partial charge in [-0.25, -0.2) is 9.31 Å². The molecule has 3 aromatic rings. The second kappa shape index (κ2) is 4.25. The summed E-state index contributed by atoms with van der Waals surface area (Å²) in [6.07, 6.45) is 1.72. The number of aromatic nitrogens is 5. The van der Waals surface area contributed by atoms with E-state index in [1.54, 1.807) is 22.8 Å². The van der Waals surface area contributed by atoms with Gasteiger partial charge in [-0.2, -0.15) is 10.1 Å². The van der Waals surface area contributed by atoms with Crippen molar-refractivity contribution in [1.82, 2.24) is 24.8 Å². The Kier molecular flexibility index (Phi) is 2.57. The number of nitrogens with zero attached hydrogens (tertiary/aromatic N) is 4. The van der Waals surface area contributed by atoms with Gasteiger partial charge in [0.05, 0.1) is 0 Å². The van der Waals surface area contributed by atoms with Gasteiger partial charge >= 0.3 is 5.97 Å². The maximum atomic E-state index is 10.7. The Labute approximate surface area is 111 Å². The third-order valence-corrected chi connectivity index (χ3v) is 2.58. The van der Waals surface area contributed by atoms with Crippen LogP contribution >= 0.6 is 11.6 Å². The predicted molar refractivity (Wildman–Crippen MR) is 66.8 cm³/mol. The fourth-order valence-corrected chi connectivity index (χ4v) is 1.78. The molecule has 3 N–H and O–H groups in total. The van der Waals surface area contributed by atoms with E-state index in [0.29, 0.717) is 17.2 Å². The molecule has 0 aromatic carbocycles. The Bertz CT molecular complexity index is 764. The molecule has 0 spiro atoms. The van der Waals surface area contributed by atoms with E-state index in [0.717, 1.165) is 0 Å². The number of carbonyl (C=O) groups is 1. The molecule has 0 radical (unpaired) electrons. The smallest absolute Gasteiger partial charge is 0.353 e. The van der Waals surface area contributed by atoms with Gasteiger partial charge in [0.25, 0.3) is 0 Å². The number of fused-ring (bicyclic) bond motifs is 1. The van der Waals surface area contributed by atoms with E-state index in [-0.39, 0.29) is 11.0 Å². The summed E-state index contributed by atoms with van der Waals surface area (Å²) in [5.74, 6) is -0.321. The Morgan fingerprint density at radius 3 is 3.11 bits per heavy atom. The van der Waals surface area contributed by atoms with Crippen molar-refractivity contribution in [1.29, 1.82) is 0 Å². The molecule has 0 fully saturated rings. The minimum absolute atomic E-state index is 0.0194. The molecule has 0 atom stereocenters. The van der Waals surface area contributed by atoms with E-state index < -0.39 is 5.97 Å². The number of aromatic carboxylic acids is 1. The zero-order chi connectivity index (χ0) is 13.4. The van der Waals surface area contributed by atoms with E-state index in [2.05, 4.69) is 25.6 Å². The van der Waals surface area contributed by atoms with Crippen molar-refractivity contribution < 1.29 is 9.90 Å². The molecule has 0 unspecified atom stereocenters. The highest BCUT2D eigenvalue weighted by Crippen LogP contribution is 2.20. The van der Waals surface area contributed by atoms with Gasteiger partial charge in [0.2, 0.25) is 5.28 Å². The number of carboxylic acids is 1. The number of H-pyrrole nitrogens is 1. The summed E-state index contributed by atoms with van der Waals surface area (Å²) in [4.78, 5) is 14.8. The molecule has 19 heavy (non-hydrogen) atoms. The first-order valence-corrected chi connectivity index (χ1v) is 5.58. The van der Waals surface area contributed by atoms with Crippen molar-refractivity contribution in [2.24, 2.45) is 0 Å². The van der Waals surface area contributed by atoms with Crippen LogP contribution in [-0.2, 0) is 0 Å². The number of nitrogens with one attached hydrogen (secondary N) is 2. The lowest BCUT2D eigenvalue weighted by Crippen LogP contribution is -2.01. The molecule has 0 bridgehead atoms. The van der Waals surface area contributed by atoms with Gasteiger partial charge in [-0.1, -0.05) is 0 Å². The normalized spacial score (nSPS) is 10.8. The first-order chi connectivity index (χ1) is 9.13. The molecular formula is C10H7ClN6O2. The SMILES string of the molecule is O=C(O)c1cc(Nc2nc(Cl)nn3cccc23)n[nH]1. The average molecular weight is 279 g/mol. The lowest BCUT2D eigenvalue weighted by atomic mass is 10.4. The fraction of sp³-hybridized carbons (Fsp3) is 0. The average Bonchev–Trinajstić information content (AvgIpc) is 2.96. The quantitative estimate of drug-likeness (QED) is 0.671. The summed E-state index contributed by atoms with van der Waals surface area (Å²) >= 11 is 5.80. The first kappa shape index (κ1) is 11.5. The number of carboxylic acid groups (broad SMARTS) is 1. The van der Waals surface area contributed by atoms with E-state index >= 15 is 0 Å². The number of rotatable bonds is 3. The standard InChI is InChI=1S/C10H7ClN6O2/c11-10-13-8(6-2-1-3-17(6)16-10)12-7-4-5(9(18)19)14-15-7/h1-4H,(H,18,19)(H2,12,13,14,15,16). The van der Waals surface area contributed by atoms with Gasteiger partial charge in [0.1, 0.15) is 11.2 Å². The van der Waals surface area contributed by atoms with Crippen LogP contribution in [0.25, 0.3) is 5.52 Å². The zero-order valence-corrected chi connectivity index (χ0v) is 10.1. The summed E-state index contributed by atoms with van der Waals surface area (Å²) in [5, 5.41) is 21.9. The first-order valence-electron chi connectivity index (χ1n) is 5.20. The minimum Gasteiger partial charge on any atom is -0.477 e. The second-order valence-corrected chi connectivity index (χ2v) is 4.00. The van der Waals surface area contributed by atoms with Gasteiger partial charge in [-0.3, -0.25) is 5.10 Å². The maximum absolute atomic E-state index is 10.7. The summed E-state index contributed by atoms with van der Waals surface area (Å²) in [5.41, 5.74) is 0.679. The minimum atomic E-state index is -1.09. The molecule has 9 heteroatoms. The van der Waals surface area contributed by atoms with Crippen LogP contribution in [0.3, 0.4) is 0 Å². The molecule has 0 aliphatic heterocycles. The Hall–Kier alpha value is -2.61. The van der Waals surface area contributed by atoms with Crippen LogP contribution < -0.4 is 5.32 Å². The Morgan fingerprint density at radius 2 is 2.37 bits per heavy atom. The van der Waals surface area contributed by atoms with Gasteiger partial charge in [0.15, 0.2) is 11.6 Å².